The summed E-state index contributed by atoms with van der Waals surface area (Å²) in [5.41, 5.74) is 2.29. The summed E-state index contributed by atoms with van der Waals surface area (Å²) in [4.78, 5) is 10.9. The van der Waals surface area contributed by atoms with Crippen LogP contribution in [0, 0.1) is 13.8 Å². The van der Waals surface area contributed by atoms with Crippen LogP contribution < -0.4 is 0 Å². The van der Waals surface area contributed by atoms with E-state index in [1.807, 2.05) is 13.8 Å². The average Bonchev–Trinajstić information content (AvgIpc) is 2.42. The molecule has 0 aliphatic rings. The monoisotopic (exact) mass is 227 g/mol. The summed E-state index contributed by atoms with van der Waals surface area (Å²) in [5, 5.41) is 9.00. The molecule has 1 heterocycles. The summed E-state index contributed by atoms with van der Waals surface area (Å²) in [5.74, 6) is 0.154. The maximum Gasteiger partial charge on any atom is 0.337 e. The van der Waals surface area contributed by atoms with Crippen LogP contribution in [0.25, 0.3) is 0 Å². The molecule has 84 valence electrons. The summed E-state index contributed by atoms with van der Waals surface area (Å²) in [6.07, 6.45) is 2.06. The van der Waals surface area contributed by atoms with E-state index in [1.54, 1.807) is 17.8 Å². The number of aromatic nitrogens is 1. The number of aryl methyl sites for hydroxylation is 1. The first-order valence-electron chi connectivity index (χ1n) is 4.89. The van der Waals surface area contributed by atoms with Crippen LogP contribution in [0.15, 0.2) is 6.07 Å². The molecule has 0 saturated carbocycles. The van der Waals surface area contributed by atoms with Crippen molar-refractivity contribution in [3.05, 3.63) is 23.0 Å². The molecule has 3 nitrogen and oxygen atoms in total. The molecule has 0 aliphatic heterocycles. The van der Waals surface area contributed by atoms with Crippen LogP contribution in [0.4, 0.5) is 0 Å². The van der Waals surface area contributed by atoms with Gasteiger partial charge < -0.3 is 9.67 Å². The number of hydrogen-bond donors (Lipinski definition) is 1. The van der Waals surface area contributed by atoms with Crippen molar-refractivity contribution < 1.29 is 9.90 Å². The Hall–Kier alpha value is -0.900. The third-order valence-corrected chi connectivity index (χ3v) is 3.38. The first-order valence-corrected chi connectivity index (χ1v) is 6.29. The predicted octanol–water partition coefficient (Wildman–Crippen LogP) is 2.73. The highest BCUT2D eigenvalue weighted by Crippen LogP contribution is 2.22. The number of rotatable bonds is 4. The maximum absolute atomic E-state index is 10.9. The van der Waals surface area contributed by atoms with Crippen LogP contribution in [0.1, 0.15) is 34.7 Å². The zero-order chi connectivity index (χ0) is 11.6. The van der Waals surface area contributed by atoms with Gasteiger partial charge in [-0.2, -0.15) is 11.8 Å². The SMILES string of the molecule is CSCC(C)n1c(C)cc(C(=O)O)c1C. The molecule has 1 N–H and O–H groups in total. The van der Waals surface area contributed by atoms with E-state index in [-0.39, 0.29) is 0 Å². The molecule has 0 aliphatic carbocycles. The molecular weight excluding hydrogens is 210 g/mol. The van der Waals surface area contributed by atoms with E-state index in [0.29, 0.717) is 11.6 Å². The van der Waals surface area contributed by atoms with Crippen molar-refractivity contribution in [1.29, 1.82) is 0 Å². The molecule has 0 bridgehead atoms. The molecule has 1 aromatic rings. The van der Waals surface area contributed by atoms with Crippen molar-refractivity contribution >= 4 is 17.7 Å². The fourth-order valence-corrected chi connectivity index (χ4v) is 2.62. The highest BCUT2D eigenvalue weighted by atomic mass is 32.2. The largest absolute Gasteiger partial charge is 0.478 e. The minimum absolute atomic E-state index is 0.341. The van der Waals surface area contributed by atoms with Crippen molar-refractivity contribution in [1.82, 2.24) is 4.57 Å². The lowest BCUT2D eigenvalue weighted by atomic mass is 10.2. The molecule has 1 aromatic heterocycles. The lowest BCUT2D eigenvalue weighted by Crippen LogP contribution is -2.11. The Kier molecular flexibility index (Phi) is 3.85. The molecule has 0 spiro atoms. The molecule has 15 heavy (non-hydrogen) atoms. The standard InChI is InChI=1S/C11H17NO2S/c1-7-5-10(11(13)14)9(3)12(7)8(2)6-15-4/h5,8H,6H2,1-4H3,(H,13,14). The second kappa shape index (κ2) is 4.75. The second-order valence-electron chi connectivity index (χ2n) is 3.76. The molecule has 0 amide bonds. The van der Waals surface area contributed by atoms with E-state index < -0.39 is 5.97 Å². The topological polar surface area (TPSA) is 42.2 Å². The average molecular weight is 227 g/mol. The lowest BCUT2D eigenvalue weighted by Gasteiger charge is -2.17. The fraction of sp³-hybridized carbons (Fsp3) is 0.545. The van der Waals surface area contributed by atoms with Crippen LogP contribution in [0.5, 0.6) is 0 Å². The van der Waals surface area contributed by atoms with E-state index in [0.717, 1.165) is 17.1 Å². The minimum Gasteiger partial charge on any atom is -0.478 e. The van der Waals surface area contributed by atoms with Gasteiger partial charge in [-0.25, -0.2) is 4.79 Å². The van der Waals surface area contributed by atoms with Crippen LogP contribution in [0.2, 0.25) is 0 Å². The molecule has 1 atom stereocenters. The third kappa shape index (κ3) is 2.37. The number of thioether (sulfide) groups is 1. The quantitative estimate of drug-likeness (QED) is 0.860. The van der Waals surface area contributed by atoms with Gasteiger partial charge in [0, 0.05) is 23.2 Å². The van der Waals surface area contributed by atoms with E-state index >= 15 is 0 Å². The molecule has 1 rings (SSSR count). The number of carboxylic acids is 1. The predicted molar refractivity (Wildman–Crippen MR) is 64.0 cm³/mol. The Labute approximate surface area is 94.5 Å². The van der Waals surface area contributed by atoms with Crippen molar-refractivity contribution in [2.45, 2.75) is 26.8 Å². The van der Waals surface area contributed by atoms with Gasteiger partial charge in [-0.15, -0.1) is 0 Å². The number of hydrogen-bond acceptors (Lipinski definition) is 2. The van der Waals surface area contributed by atoms with Crippen molar-refractivity contribution in [3.63, 3.8) is 0 Å². The molecule has 1 unspecified atom stereocenters. The Morgan fingerprint density at radius 3 is 2.60 bits per heavy atom. The fourth-order valence-electron chi connectivity index (χ4n) is 1.99. The van der Waals surface area contributed by atoms with Gasteiger partial charge in [-0.1, -0.05) is 0 Å². The van der Waals surface area contributed by atoms with Crippen molar-refractivity contribution in [3.8, 4) is 0 Å². The van der Waals surface area contributed by atoms with Gasteiger partial charge in [0.15, 0.2) is 0 Å². The summed E-state index contributed by atoms with van der Waals surface area (Å²) in [6.45, 7) is 5.94. The molecule has 4 heteroatoms. The number of aromatic carboxylic acids is 1. The van der Waals surface area contributed by atoms with E-state index in [2.05, 4.69) is 17.7 Å². The third-order valence-electron chi connectivity index (χ3n) is 2.56. The number of carboxylic acid groups (broad SMARTS) is 1. The summed E-state index contributed by atoms with van der Waals surface area (Å²) < 4.78 is 2.10. The first-order chi connectivity index (χ1) is 6.99. The van der Waals surface area contributed by atoms with Gasteiger partial charge in [-0.05, 0) is 33.1 Å². The van der Waals surface area contributed by atoms with Gasteiger partial charge in [0.25, 0.3) is 0 Å². The van der Waals surface area contributed by atoms with E-state index in [9.17, 15) is 4.79 Å². The summed E-state index contributed by atoms with van der Waals surface area (Å²) in [6, 6.07) is 2.09. The van der Waals surface area contributed by atoms with Crippen LogP contribution in [-0.2, 0) is 0 Å². The van der Waals surface area contributed by atoms with E-state index in [1.165, 1.54) is 0 Å². The number of nitrogens with zero attached hydrogens (tertiary/aromatic N) is 1. The molecule has 0 saturated heterocycles. The summed E-state index contributed by atoms with van der Waals surface area (Å²) in [7, 11) is 0. The normalized spacial score (nSPS) is 12.8. The molecule has 0 aromatic carbocycles. The second-order valence-corrected chi connectivity index (χ2v) is 4.68. The first kappa shape index (κ1) is 12.2. The Morgan fingerprint density at radius 1 is 1.60 bits per heavy atom. The van der Waals surface area contributed by atoms with Crippen LogP contribution in [0.3, 0.4) is 0 Å². The molecular formula is C11H17NO2S. The zero-order valence-corrected chi connectivity index (χ0v) is 10.4. The summed E-state index contributed by atoms with van der Waals surface area (Å²) >= 11 is 1.77. The molecule has 0 fully saturated rings. The van der Waals surface area contributed by atoms with Gasteiger partial charge in [0.1, 0.15) is 0 Å². The Morgan fingerprint density at radius 2 is 2.20 bits per heavy atom. The smallest absolute Gasteiger partial charge is 0.337 e. The van der Waals surface area contributed by atoms with Gasteiger partial charge in [0.2, 0.25) is 0 Å². The van der Waals surface area contributed by atoms with Gasteiger partial charge in [0.05, 0.1) is 5.56 Å². The van der Waals surface area contributed by atoms with Gasteiger partial charge >= 0.3 is 5.97 Å². The molecule has 0 radical (unpaired) electrons. The number of carbonyl (C=O) groups is 1. The van der Waals surface area contributed by atoms with Gasteiger partial charge in [-0.3, -0.25) is 0 Å². The van der Waals surface area contributed by atoms with Crippen LogP contribution in [-0.4, -0.2) is 27.7 Å². The zero-order valence-electron chi connectivity index (χ0n) is 9.57. The lowest BCUT2D eigenvalue weighted by molar-refractivity contribution is 0.0696. The maximum atomic E-state index is 10.9. The Balaban J connectivity index is 3.13. The van der Waals surface area contributed by atoms with Crippen molar-refractivity contribution in [2.75, 3.05) is 12.0 Å². The van der Waals surface area contributed by atoms with E-state index in [4.69, 9.17) is 5.11 Å². The van der Waals surface area contributed by atoms with Crippen LogP contribution >= 0.6 is 11.8 Å². The minimum atomic E-state index is -0.842. The van der Waals surface area contributed by atoms with Crippen molar-refractivity contribution in [2.24, 2.45) is 0 Å². The Bertz CT molecular complexity index is 371. The highest BCUT2D eigenvalue weighted by Gasteiger charge is 2.17. The highest BCUT2D eigenvalue weighted by molar-refractivity contribution is 7.98.